The molecule has 2 fully saturated rings. The Morgan fingerprint density at radius 1 is 1.03 bits per heavy atom. The first-order valence-corrected chi connectivity index (χ1v) is 10.5. The fraction of sp³-hybridized carbons (Fsp3) is 0.474. The molecule has 5 nitrogen and oxygen atoms in total. The molecule has 1 aliphatic carbocycles. The van der Waals surface area contributed by atoms with Gasteiger partial charge >= 0.3 is 12.4 Å². The van der Waals surface area contributed by atoms with Crippen LogP contribution in [0.5, 0.6) is 0 Å². The van der Waals surface area contributed by atoms with Gasteiger partial charge in [0.1, 0.15) is 11.5 Å². The van der Waals surface area contributed by atoms with Crippen LogP contribution in [-0.4, -0.2) is 41.7 Å². The van der Waals surface area contributed by atoms with E-state index in [4.69, 9.17) is 28.6 Å². The van der Waals surface area contributed by atoms with Crippen LogP contribution in [0.3, 0.4) is 0 Å². The van der Waals surface area contributed by atoms with E-state index in [1.807, 2.05) is 0 Å². The molecule has 15 heteroatoms. The van der Waals surface area contributed by atoms with Gasteiger partial charge in [-0.2, -0.15) is 31.4 Å². The molecule has 3 aliphatic rings. The van der Waals surface area contributed by atoms with Crippen molar-refractivity contribution >= 4 is 40.6 Å². The lowest BCUT2D eigenvalue weighted by Gasteiger charge is -2.33. The van der Waals surface area contributed by atoms with Crippen LogP contribution >= 0.6 is 23.2 Å². The van der Waals surface area contributed by atoms with E-state index in [2.05, 4.69) is 4.99 Å². The zero-order chi connectivity index (χ0) is 25.4. The Kier molecular flexibility index (Phi) is 5.84. The number of rotatable bonds is 4. The lowest BCUT2D eigenvalue weighted by Crippen LogP contribution is -2.49. The summed E-state index contributed by atoms with van der Waals surface area (Å²) in [5.41, 5.74) is -3.55. The first-order chi connectivity index (χ1) is 15.5. The Hall–Kier alpha value is -2.12. The molecular formula is C19H15Cl2F8N5. The lowest BCUT2D eigenvalue weighted by molar-refractivity contribution is -0.0991. The third-order valence-electron chi connectivity index (χ3n) is 5.46. The first-order valence-electron chi connectivity index (χ1n) is 9.76. The molecule has 2 aliphatic heterocycles. The molecule has 0 bridgehead atoms. The average molecular weight is 536 g/mol. The SMILES string of the molecule is CC(F)(F)c1cc(Cl)c(N2C(=N)C3=C(C(F)(F)F)NC(C(F)(F)F)=NC3N2CC2CC2)c(Cl)c1. The third kappa shape index (κ3) is 4.44. The van der Waals surface area contributed by atoms with Gasteiger partial charge in [0, 0.05) is 19.0 Å². The lowest BCUT2D eigenvalue weighted by atomic mass is 10.1. The van der Waals surface area contributed by atoms with E-state index in [9.17, 15) is 35.1 Å². The first kappa shape index (κ1) is 25.0. The molecule has 34 heavy (non-hydrogen) atoms. The summed E-state index contributed by atoms with van der Waals surface area (Å²) in [6.45, 7) is 0.522. The van der Waals surface area contributed by atoms with Crippen molar-refractivity contribution in [3.63, 3.8) is 0 Å². The van der Waals surface area contributed by atoms with Crippen LogP contribution in [0.2, 0.25) is 10.0 Å². The van der Waals surface area contributed by atoms with Gasteiger partial charge in [0.05, 0.1) is 21.3 Å². The number of amidine groups is 2. The van der Waals surface area contributed by atoms with E-state index in [0.717, 1.165) is 22.2 Å². The minimum Gasteiger partial charge on any atom is -0.332 e. The number of hydrogen-bond acceptors (Lipinski definition) is 4. The molecule has 1 aromatic carbocycles. The van der Waals surface area contributed by atoms with Crippen LogP contribution in [-0.2, 0) is 5.92 Å². The summed E-state index contributed by atoms with van der Waals surface area (Å²) < 4.78 is 109. The predicted molar refractivity (Wildman–Crippen MR) is 109 cm³/mol. The normalized spacial score (nSPS) is 22.2. The van der Waals surface area contributed by atoms with Crippen molar-refractivity contribution in [2.75, 3.05) is 11.6 Å². The van der Waals surface area contributed by atoms with Gasteiger partial charge in [-0.3, -0.25) is 10.4 Å². The smallest absolute Gasteiger partial charge is 0.332 e. The number of nitrogens with one attached hydrogen (secondary N) is 2. The number of nitrogens with zero attached hydrogens (tertiary/aromatic N) is 3. The van der Waals surface area contributed by atoms with Gasteiger partial charge in [-0.25, -0.2) is 13.8 Å². The standard InChI is InChI=1S/C19H15Cl2F8N5/c1-17(22,23)8-4-9(20)12(10(21)5-8)34-14(30)11-13(18(24,25)26)31-16(19(27,28)29)32-15(11)33(34)6-7-2-3-7/h4-5,7,15,30H,2-3,6H2,1H3,(H,31,32). The highest BCUT2D eigenvalue weighted by molar-refractivity contribution is 6.40. The maximum atomic E-state index is 13.8. The minimum absolute atomic E-state index is 0.0608. The number of benzene rings is 1. The van der Waals surface area contributed by atoms with Gasteiger partial charge in [0.2, 0.25) is 5.84 Å². The molecule has 2 heterocycles. The highest BCUT2D eigenvalue weighted by Gasteiger charge is 2.55. The highest BCUT2D eigenvalue weighted by Crippen LogP contribution is 2.47. The fourth-order valence-electron chi connectivity index (χ4n) is 3.72. The number of fused-ring (bicyclic) bond motifs is 1. The number of halogens is 10. The van der Waals surface area contributed by atoms with Gasteiger partial charge in [-0.15, -0.1) is 0 Å². The number of hydrogen-bond donors (Lipinski definition) is 2. The van der Waals surface area contributed by atoms with Crippen molar-refractivity contribution in [1.82, 2.24) is 10.3 Å². The summed E-state index contributed by atoms with van der Waals surface area (Å²) in [5.74, 6) is -6.19. The molecular weight excluding hydrogens is 521 g/mol. The summed E-state index contributed by atoms with van der Waals surface area (Å²) in [5, 5.41) is 10.7. The van der Waals surface area contributed by atoms with Gasteiger partial charge < -0.3 is 5.32 Å². The van der Waals surface area contributed by atoms with Gasteiger partial charge in [-0.05, 0) is 30.9 Å². The predicted octanol–water partition coefficient (Wildman–Crippen LogP) is 6.24. The summed E-state index contributed by atoms with van der Waals surface area (Å²) >= 11 is 12.4. The number of hydrazine groups is 1. The molecule has 0 radical (unpaired) electrons. The van der Waals surface area contributed by atoms with Crippen molar-refractivity contribution < 1.29 is 35.1 Å². The Morgan fingerprint density at radius 2 is 1.59 bits per heavy atom. The molecule has 1 saturated carbocycles. The zero-order valence-corrected chi connectivity index (χ0v) is 18.6. The summed E-state index contributed by atoms with van der Waals surface area (Å²) in [4.78, 5) is 3.44. The van der Waals surface area contributed by atoms with Gasteiger partial charge in [0.15, 0.2) is 6.17 Å². The third-order valence-corrected chi connectivity index (χ3v) is 6.03. The Labute approximate surface area is 197 Å². The number of anilines is 1. The molecule has 1 atom stereocenters. The Balaban J connectivity index is 1.91. The van der Waals surface area contributed by atoms with Gasteiger partial charge in [-0.1, -0.05) is 23.2 Å². The number of alkyl halides is 8. The van der Waals surface area contributed by atoms with E-state index < -0.39 is 63.0 Å². The van der Waals surface area contributed by atoms with Crippen LogP contribution in [0.25, 0.3) is 0 Å². The molecule has 186 valence electrons. The van der Waals surface area contributed by atoms with Crippen molar-refractivity contribution in [3.8, 4) is 0 Å². The van der Waals surface area contributed by atoms with Crippen LogP contribution in [0, 0.1) is 11.3 Å². The molecule has 0 aromatic heterocycles. The van der Waals surface area contributed by atoms with E-state index >= 15 is 0 Å². The van der Waals surface area contributed by atoms with E-state index in [1.54, 1.807) is 0 Å². The minimum atomic E-state index is -5.28. The molecule has 2 N–H and O–H groups in total. The van der Waals surface area contributed by atoms with Crippen molar-refractivity contribution in [3.05, 3.63) is 39.0 Å². The average Bonchev–Trinajstić information content (AvgIpc) is 3.45. The molecule has 1 saturated heterocycles. The molecule has 0 amide bonds. The Morgan fingerprint density at radius 3 is 2.03 bits per heavy atom. The molecule has 4 rings (SSSR count). The maximum absolute atomic E-state index is 13.8. The van der Waals surface area contributed by atoms with Crippen LogP contribution in [0.1, 0.15) is 25.3 Å². The van der Waals surface area contributed by atoms with E-state index in [-0.39, 0.29) is 18.2 Å². The number of aliphatic imine (C=N–C) groups is 1. The summed E-state index contributed by atoms with van der Waals surface area (Å²) in [6.07, 6.45) is -11.1. The monoisotopic (exact) mass is 535 g/mol. The topological polar surface area (TPSA) is 54.7 Å². The maximum Gasteiger partial charge on any atom is 0.449 e. The second-order valence-corrected chi connectivity index (χ2v) is 8.98. The van der Waals surface area contributed by atoms with Crippen LogP contribution in [0.4, 0.5) is 40.8 Å². The summed E-state index contributed by atoms with van der Waals surface area (Å²) in [7, 11) is 0. The van der Waals surface area contributed by atoms with Crippen molar-refractivity contribution in [1.29, 1.82) is 5.41 Å². The second kappa shape index (κ2) is 7.95. The molecule has 1 aromatic rings. The fourth-order valence-corrected chi connectivity index (χ4v) is 4.37. The largest absolute Gasteiger partial charge is 0.449 e. The Bertz CT molecular complexity index is 1080. The number of allylic oxidation sites excluding steroid dienone is 1. The van der Waals surface area contributed by atoms with Crippen LogP contribution < -0.4 is 10.3 Å². The van der Waals surface area contributed by atoms with Crippen LogP contribution in [0.15, 0.2) is 28.4 Å². The highest BCUT2D eigenvalue weighted by atomic mass is 35.5. The van der Waals surface area contributed by atoms with E-state index in [1.165, 1.54) is 5.32 Å². The summed E-state index contributed by atoms with van der Waals surface area (Å²) in [6, 6.07) is 1.68. The quantitative estimate of drug-likeness (QED) is 0.449. The molecule has 1 unspecified atom stereocenters. The van der Waals surface area contributed by atoms with Gasteiger partial charge in [0.25, 0.3) is 5.92 Å². The van der Waals surface area contributed by atoms with E-state index in [0.29, 0.717) is 19.8 Å². The second-order valence-electron chi connectivity index (χ2n) is 8.16. The van der Waals surface area contributed by atoms with Crippen molar-refractivity contribution in [2.45, 2.75) is 44.2 Å². The molecule has 0 spiro atoms. The van der Waals surface area contributed by atoms with Crippen molar-refractivity contribution in [2.24, 2.45) is 10.9 Å². The zero-order valence-electron chi connectivity index (χ0n) is 17.1.